The van der Waals surface area contributed by atoms with Crippen LogP contribution in [0.15, 0.2) is 0 Å². The Kier molecular flexibility index (Phi) is 4.45. The van der Waals surface area contributed by atoms with Crippen LogP contribution in [0.25, 0.3) is 0 Å². The fraction of sp³-hybridized carbons (Fsp3) is 1.00. The van der Waals surface area contributed by atoms with Crippen molar-refractivity contribution in [2.45, 2.75) is 51.6 Å². The molecule has 1 atom stereocenters. The molecule has 0 amide bonds. The fourth-order valence-corrected chi connectivity index (χ4v) is 3.28. The number of hydrogen-bond acceptors (Lipinski definition) is 3. The van der Waals surface area contributed by atoms with Gasteiger partial charge in [-0.15, -0.1) is 0 Å². The van der Waals surface area contributed by atoms with Gasteiger partial charge in [0, 0.05) is 44.3 Å². The first kappa shape index (κ1) is 13.3. The molecule has 0 saturated carbocycles. The molecular formula is C14H29N3. The zero-order valence-electron chi connectivity index (χ0n) is 11.8. The van der Waals surface area contributed by atoms with Crippen molar-refractivity contribution in [3.63, 3.8) is 0 Å². The molecule has 2 aliphatic heterocycles. The van der Waals surface area contributed by atoms with E-state index >= 15 is 0 Å². The molecule has 0 aromatic heterocycles. The highest BCUT2D eigenvalue weighted by atomic mass is 15.3. The van der Waals surface area contributed by atoms with Crippen molar-refractivity contribution in [2.75, 3.05) is 39.3 Å². The maximum atomic E-state index is 3.45. The van der Waals surface area contributed by atoms with E-state index in [9.17, 15) is 0 Å². The van der Waals surface area contributed by atoms with Crippen molar-refractivity contribution in [3.8, 4) is 0 Å². The van der Waals surface area contributed by atoms with Gasteiger partial charge < -0.3 is 5.32 Å². The second-order valence-corrected chi connectivity index (χ2v) is 6.24. The van der Waals surface area contributed by atoms with Crippen molar-refractivity contribution < 1.29 is 0 Å². The third-order valence-corrected chi connectivity index (χ3v) is 4.54. The van der Waals surface area contributed by atoms with Crippen molar-refractivity contribution in [1.82, 2.24) is 15.1 Å². The van der Waals surface area contributed by atoms with Crippen LogP contribution in [0, 0.1) is 0 Å². The Morgan fingerprint density at radius 1 is 1.24 bits per heavy atom. The number of rotatable bonds is 3. The van der Waals surface area contributed by atoms with Crippen LogP contribution < -0.4 is 5.32 Å². The van der Waals surface area contributed by atoms with E-state index in [0.29, 0.717) is 5.54 Å². The first-order valence-corrected chi connectivity index (χ1v) is 7.33. The van der Waals surface area contributed by atoms with Crippen LogP contribution in [0.5, 0.6) is 0 Å². The summed E-state index contributed by atoms with van der Waals surface area (Å²) in [7, 11) is 0. The van der Waals surface area contributed by atoms with Gasteiger partial charge in [0.2, 0.25) is 0 Å². The molecule has 0 aliphatic carbocycles. The van der Waals surface area contributed by atoms with Gasteiger partial charge in [-0.1, -0.05) is 6.92 Å². The molecule has 2 fully saturated rings. The monoisotopic (exact) mass is 239 g/mol. The highest BCUT2D eigenvalue weighted by Gasteiger charge is 2.35. The molecule has 17 heavy (non-hydrogen) atoms. The zero-order valence-corrected chi connectivity index (χ0v) is 11.8. The minimum Gasteiger partial charge on any atom is -0.314 e. The summed E-state index contributed by atoms with van der Waals surface area (Å²) in [5, 5.41) is 3.45. The Bertz CT molecular complexity index is 234. The molecule has 3 heteroatoms. The lowest BCUT2D eigenvalue weighted by Crippen LogP contribution is -2.59. The van der Waals surface area contributed by atoms with E-state index < -0.39 is 0 Å². The van der Waals surface area contributed by atoms with Crippen LogP contribution in [0.3, 0.4) is 0 Å². The van der Waals surface area contributed by atoms with Crippen molar-refractivity contribution in [1.29, 1.82) is 0 Å². The maximum absolute atomic E-state index is 3.45. The third kappa shape index (κ3) is 3.21. The van der Waals surface area contributed by atoms with E-state index in [2.05, 4.69) is 35.9 Å². The van der Waals surface area contributed by atoms with Crippen LogP contribution in [0.1, 0.15) is 40.0 Å². The number of likely N-dealkylation sites (tertiary alicyclic amines) is 1. The van der Waals surface area contributed by atoms with Crippen LogP contribution in [0.2, 0.25) is 0 Å². The number of piperidine rings is 1. The number of nitrogens with one attached hydrogen (secondary N) is 1. The van der Waals surface area contributed by atoms with Gasteiger partial charge in [-0.2, -0.15) is 0 Å². The fourth-order valence-electron chi connectivity index (χ4n) is 3.28. The van der Waals surface area contributed by atoms with E-state index in [-0.39, 0.29) is 0 Å². The first-order chi connectivity index (χ1) is 8.13. The van der Waals surface area contributed by atoms with Crippen molar-refractivity contribution in [2.24, 2.45) is 0 Å². The molecule has 2 heterocycles. The van der Waals surface area contributed by atoms with Gasteiger partial charge in [0.25, 0.3) is 0 Å². The molecule has 0 aromatic rings. The number of piperazine rings is 1. The molecule has 100 valence electrons. The topological polar surface area (TPSA) is 18.5 Å². The zero-order chi connectivity index (χ0) is 12.3. The molecular weight excluding hydrogens is 210 g/mol. The van der Waals surface area contributed by atoms with Crippen LogP contribution in [-0.4, -0.2) is 60.6 Å². The largest absolute Gasteiger partial charge is 0.314 e. The molecule has 1 N–H and O–H groups in total. The molecule has 2 rings (SSSR count). The molecule has 0 radical (unpaired) electrons. The Morgan fingerprint density at radius 3 is 2.59 bits per heavy atom. The van der Waals surface area contributed by atoms with Gasteiger partial charge in [-0.3, -0.25) is 9.80 Å². The van der Waals surface area contributed by atoms with Crippen LogP contribution >= 0.6 is 0 Å². The summed E-state index contributed by atoms with van der Waals surface area (Å²) in [6.45, 7) is 14.5. The Hall–Kier alpha value is -0.120. The summed E-state index contributed by atoms with van der Waals surface area (Å²) in [4.78, 5) is 5.41. The minimum absolute atomic E-state index is 0.417. The normalized spacial score (nSPS) is 31.6. The smallest absolute Gasteiger partial charge is 0.0225 e. The van der Waals surface area contributed by atoms with Crippen molar-refractivity contribution in [3.05, 3.63) is 0 Å². The lowest BCUT2D eigenvalue weighted by molar-refractivity contribution is 0.0124. The van der Waals surface area contributed by atoms with E-state index in [1.165, 1.54) is 58.5 Å². The van der Waals surface area contributed by atoms with Gasteiger partial charge >= 0.3 is 0 Å². The first-order valence-electron chi connectivity index (χ1n) is 7.33. The highest BCUT2D eigenvalue weighted by Crippen LogP contribution is 2.29. The van der Waals surface area contributed by atoms with E-state index in [1.807, 2.05) is 0 Å². The van der Waals surface area contributed by atoms with Crippen molar-refractivity contribution >= 4 is 0 Å². The highest BCUT2D eigenvalue weighted by molar-refractivity contribution is 4.93. The number of nitrogens with zero attached hydrogens (tertiary/aromatic N) is 2. The standard InChI is InChI=1S/C14H29N3/c1-4-9-17-12-13(5-6-14(17,2)3)16-10-7-15-8-11-16/h13,15H,4-12H2,1-3H3. The maximum Gasteiger partial charge on any atom is 0.0225 e. The predicted octanol–water partition coefficient (Wildman–Crippen LogP) is 1.54. The van der Waals surface area contributed by atoms with Gasteiger partial charge in [-0.05, 0) is 39.7 Å². The number of hydrogen-bond donors (Lipinski definition) is 1. The Morgan fingerprint density at radius 2 is 1.94 bits per heavy atom. The molecule has 2 aliphatic rings. The summed E-state index contributed by atoms with van der Waals surface area (Å²) in [5.74, 6) is 0. The van der Waals surface area contributed by atoms with E-state index in [4.69, 9.17) is 0 Å². The molecule has 2 saturated heterocycles. The average molecular weight is 239 g/mol. The molecule has 0 bridgehead atoms. The Labute approximate surface area is 107 Å². The van der Waals surface area contributed by atoms with Gasteiger partial charge in [0.05, 0.1) is 0 Å². The lowest BCUT2D eigenvalue weighted by Gasteiger charge is -2.49. The van der Waals surface area contributed by atoms with Gasteiger partial charge in [-0.25, -0.2) is 0 Å². The molecule has 0 spiro atoms. The summed E-state index contributed by atoms with van der Waals surface area (Å²) < 4.78 is 0. The SMILES string of the molecule is CCCN1CC(N2CCNCC2)CCC1(C)C. The van der Waals surface area contributed by atoms with Gasteiger partial charge in [0.15, 0.2) is 0 Å². The lowest BCUT2D eigenvalue weighted by atomic mass is 9.87. The summed E-state index contributed by atoms with van der Waals surface area (Å²) >= 11 is 0. The van der Waals surface area contributed by atoms with Gasteiger partial charge in [0.1, 0.15) is 0 Å². The second-order valence-electron chi connectivity index (χ2n) is 6.24. The minimum atomic E-state index is 0.417. The summed E-state index contributed by atoms with van der Waals surface area (Å²) in [6, 6.07) is 0.802. The Balaban J connectivity index is 1.93. The summed E-state index contributed by atoms with van der Waals surface area (Å²) in [5.41, 5.74) is 0.417. The van der Waals surface area contributed by atoms with E-state index in [1.54, 1.807) is 0 Å². The summed E-state index contributed by atoms with van der Waals surface area (Å²) in [6.07, 6.45) is 4.01. The quantitative estimate of drug-likeness (QED) is 0.806. The predicted molar refractivity (Wildman–Crippen MR) is 73.4 cm³/mol. The average Bonchev–Trinajstić information content (AvgIpc) is 2.33. The molecule has 3 nitrogen and oxygen atoms in total. The second kappa shape index (κ2) is 5.68. The van der Waals surface area contributed by atoms with Crippen LogP contribution in [0.4, 0.5) is 0 Å². The third-order valence-electron chi connectivity index (χ3n) is 4.54. The van der Waals surface area contributed by atoms with E-state index in [0.717, 1.165) is 6.04 Å². The van der Waals surface area contributed by atoms with Crippen LogP contribution in [-0.2, 0) is 0 Å². The molecule has 1 unspecified atom stereocenters. The molecule has 0 aromatic carbocycles.